The molecule has 0 saturated carbocycles. The summed E-state index contributed by atoms with van der Waals surface area (Å²) in [7, 11) is 1.64. The molecule has 1 rings (SSSR count). The minimum Gasteiger partial charge on any atom is -0.495 e. The van der Waals surface area contributed by atoms with Crippen LogP contribution in [0.15, 0.2) is 18.2 Å². The molecule has 0 amide bonds. The van der Waals surface area contributed by atoms with Gasteiger partial charge in [0.1, 0.15) is 5.75 Å². The molecule has 0 heterocycles. The van der Waals surface area contributed by atoms with Gasteiger partial charge in [-0.05, 0) is 24.1 Å². The summed E-state index contributed by atoms with van der Waals surface area (Å²) in [5, 5.41) is 0.702. The molecule has 0 fully saturated rings. The largest absolute Gasteiger partial charge is 0.495 e. The number of methoxy groups -OCH3 is 1. The minimum absolute atomic E-state index is 0.702. The maximum atomic E-state index is 5.84. The molecule has 3 heteroatoms. The van der Waals surface area contributed by atoms with Gasteiger partial charge in [-0.25, -0.2) is 0 Å². The van der Waals surface area contributed by atoms with Gasteiger partial charge in [0.05, 0.1) is 12.8 Å². The fraction of sp³-hybridized carbons (Fsp3) is 0.500. The molecule has 0 aliphatic heterocycles. The molecule has 0 radical (unpaired) electrons. The van der Waals surface area contributed by atoms with Crippen molar-refractivity contribution in [3.8, 4) is 5.75 Å². The molecule has 1 unspecified atom stereocenters. The topological polar surface area (TPSA) is 35.2 Å². The van der Waals surface area contributed by atoms with Gasteiger partial charge in [-0.2, -0.15) is 11.8 Å². The summed E-state index contributed by atoms with van der Waals surface area (Å²) in [4.78, 5) is 0. The molecule has 0 aliphatic carbocycles. The highest BCUT2D eigenvalue weighted by atomic mass is 32.2. The predicted molar refractivity (Wildman–Crippen MR) is 68.5 cm³/mol. The lowest BCUT2D eigenvalue weighted by atomic mass is 10.2. The fourth-order valence-electron chi connectivity index (χ4n) is 1.23. The highest BCUT2D eigenvalue weighted by Crippen LogP contribution is 2.26. The molecule has 0 spiro atoms. The van der Waals surface area contributed by atoms with E-state index in [1.54, 1.807) is 7.11 Å². The van der Waals surface area contributed by atoms with Crippen molar-refractivity contribution in [1.29, 1.82) is 0 Å². The molecule has 1 aromatic carbocycles. The van der Waals surface area contributed by atoms with Crippen LogP contribution in [0.25, 0.3) is 0 Å². The number of ether oxygens (including phenoxy) is 1. The Morgan fingerprint density at radius 3 is 2.73 bits per heavy atom. The zero-order chi connectivity index (χ0) is 11.3. The molecule has 1 atom stereocenters. The second-order valence-corrected chi connectivity index (χ2v) is 5.03. The molecular weight excluding hydrogens is 206 g/mol. The summed E-state index contributed by atoms with van der Waals surface area (Å²) in [6.45, 7) is 4.46. The molecule has 0 aliphatic rings. The second-order valence-electron chi connectivity index (χ2n) is 3.61. The van der Waals surface area contributed by atoms with Crippen LogP contribution < -0.4 is 10.5 Å². The van der Waals surface area contributed by atoms with Crippen LogP contribution in [0.5, 0.6) is 5.75 Å². The molecule has 15 heavy (non-hydrogen) atoms. The second kappa shape index (κ2) is 5.91. The number of hydrogen-bond acceptors (Lipinski definition) is 3. The van der Waals surface area contributed by atoms with Gasteiger partial charge >= 0.3 is 0 Å². The van der Waals surface area contributed by atoms with Gasteiger partial charge in [-0.3, -0.25) is 0 Å². The van der Waals surface area contributed by atoms with E-state index in [9.17, 15) is 0 Å². The van der Waals surface area contributed by atoms with Crippen molar-refractivity contribution in [1.82, 2.24) is 0 Å². The third-order valence-corrected chi connectivity index (χ3v) is 3.81. The van der Waals surface area contributed by atoms with Crippen LogP contribution >= 0.6 is 11.8 Å². The van der Waals surface area contributed by atoms with Crippen molar-refractivity contribution >= 4 is 17.4 Å². The first-order valence-corrected chi connectivity index (χ1v) is 6.26. The van der Waals surface area contributed by atoms with Crippen LogP contribution in [0.4, 0.5) is 5.69 Å². The number of hydrogen-bond donors (Lipinski definition) is 1. The van der Waals surface area contributed by atoms with Crippen LogP contribution in [-0.4, -0.2) is 12.4 Å². The van der Waals surface area contributed by atoms with E-state index in [2.05, 4.69) is 19.9 Å². The van der Waals surface area contributed by atoms with E-state index in [1.807, 2.05) is 23.9 Å². The van der Waals surface area contributed by atoms with Crippen molar-refractivity contribution in [2.45, 2.75) is 31.3 Å². The van der Waals surface area contributed by atoms with Crippen molar-refractivity contribution < 1.29 is 4.74 Å². The highest BCUT2D eigenvalue weighted by molar-refractivity contribution is 7.99. The lowest BCUT2D eigenvalue weighted by Crippen LogP contribution is -1.96. The van der Waals surface area contributed by atoms with Gasteiger partial charge in [0.25, 0.3) is 0 Å². The Bertz CT molecular complexity index is 314. The Kier molecular flexibility index (Phi) is 4.82. The van der Waals surface area contributed by atoms with E-state index >= 15 is 0 Å². The van der Waals surface area contributed by atoms with Gasteiger partial charge in [0.15, 0.2) is 0 Å². The fourth-order valence-corrected chi connectivity index (χ4v) is 2.12. The van der Waals surface area contributed by atoms with E-state index in [1.165, 1.54) is 12.0 Å². The molecule has 84 valence electrons. The van der Waals surface area contributed by atoms with Crippen LogP contribution in [0.2, 0.25) is 0 Å². The molecule has 0 aromatic heterocycles. The molecule has 1 aromatic rings. The van der Waals surface area contributed by atoms with Gasteiger partial charge in [0.2, 0.25) is 0 Å². The average molecular weight is 225 g/mol. The van der Waals surface area contributed by atoms with Gasteiger partial charge in [-0.1, -0.05) is 19.9 Å². The van der Waals surface area contributed by atoms with Crippen molar-refractivity contribution in [3.63, 3.8) is 0 Å². The van der Waals surface area contributed by atoms with Crippen molar-refractivity contribution in [2.75, 3.05) is 12.8 Å². The number of benzene rings is 1. The van der Waals surface area contributed by atoms with Crippen LogP contribution in [-0.2, 0) is 5.75 Å². The zero-order valence-electron chi connectivity index (χ0n) is 9.62. The third-order valence-electron chi connectivity index (χ3n) is 2.40. The smallest absolute Gasteiger partial charge is 0.141 e. The first-order chi connectivity index (χ1) is 7.17. The van der Waals surface area contributed by atoms with E-state index in [0.717, 1.165) is 17.2 Å². The standard InChI is InChI=1S/C12H19NOS/c1-4-9(2)15-8-10-5-6-12(14-3)11(13)7-10/h5-7,9H,4,8,13H2,1-3H3. The van der Waals surface area contributed by atoms with Crippen LogP contribution in [0.3, 0.4) is 0 Å². The first kappa shape index (κ1) is 12.2. The monoisotopic (exact) mass is 225 g/mol. The molecule has 0 saturated heterocycles. The van der Waals surface area contributed by atoms with Crippen molar-refractivity contribution in [2.24, 2.45) is 0 Å². The first-order valence-electron chi connectivity index (χ1n) is 5.21. The maximum Gasteiger partial charge on any atom is 0.141 e. The van der Waals surface area contributed by atoms with E-state index in [-0.39, 0.29) is 0 Å². The molecule has 0 bridgehead atoms. The van der Waals surface area contributed by atoms with Gasteiger partial charge < -0.3 is 10.5 Å². The number of nitrogen functional groups attached to an aromatic ring is 1. The quantitative estimate of drug-likeness (QED) is 0.781. The summed E-state index contributed by atoms with van der Waals surface area (Å²) in [5.41, 5.74) is 7.82. The van der Waals surface area contributed by atoms with Crippen LogP contribution in [0, 0.1) is 0 Å². The van der Waals surface area contributed by atoms with E-state index in [0.29, 0.717) is 5.25 Å². The number of anilines is 1. The summed E-state index contributed by atoms with van der Waals surface area (Å²) in [6, 6.07) is 6.00. The third kappa shape index (κ3) is 3.67. The Morgan fingerprint density at radius 2 is 2.20 bits per heavy atom. The summed E-state index contributed by atoms with van der Waals surface area (Å²) < 4.78 is 5.11. The SMILES string of the molecule is CCC(C)SCc1ccc(OC)c(N)c1. The van der Waals surface area contributed by atoms with Crippen LogP contribution in [0.1, 0.15) is 25.8 Å². The lowest BCUT2D eigenvalue weighted by Gasteiger charge is -2.10. The summed E-state index contributed by atoms with van der Waals surface area (Å²) in [5.74, 6) is 1.77. The molecular formula is C12H19NOS. The number of thioether (sulfide) groups is 1. The minimum atomic E-state index is 0.702. The highest BCUT2D eigenvalue weighted by Gasteiger charge is 2.03. The Morgan fingerprint density at radius 1 is 1.47 bits per heavy atom. The summed E-state index contributed by atoms with van der Waals surface area (Å²) in [6.07, 6.45) is 1.20. The summed E-state index contributed by atoms with van der Waals surface area (Å²) >= 11 is 1.96. The van der Waals surface area contributed by atoms with E-state index < -0.39 is 0 Å². The van der Waals surface area contributed by atoms with Crippen molar-refractivity contribution in [3.05, 3.63) is 23.8 Å². The normalized spacial score (nSPS) is 12.5. The number of nitrogens with two attached hydrogens (primary N) is 1. The molecule has 2 nitrogen and oxygen atoms in total. The number of rotatable bonds is 5. The van der Waals surface area contributed by atoms with E-state index in [4.69, 9.17) is 10.5 Å². The lowest BCUT2D eigenvalue weighted by molar-refractivity contribution is 0.417. The Labute approximate surface area is 96.2 Å². The average Bonchev–Trinajstić information content (AvgIpc) is 2.26. The predicted octanol–water partition coefficient (Wildman–Crippen LogP) is 3.31. The van der Waals surface area contributed by atoms with Gasteiger partial charge in [0, 0.05) is 11.0 Å². The van der Waals surface area contributed by atoms with Gasteiger partial charge in [-0.15, -0.1) is 0 Å². The Balaban J connectivity index is 2.59. The molecule has 2 N–H and O–H groups in total. The maximum absolute atomic E-state index is 5.84. The Hall–Kier alpha value is -0.830. The zero-order valence-corrected chi connectivity index (χ0v) is 10.4.